The quantitative estimate of drug-likeness (QED) is 0.360. The summed E-state index contributed by atoms with van der Waals surface area (Å²) in [7, 11) is 0. The van der Waals surface area contributed by atoms with Crippen molar-refractivity contribution in [3.63, 3.8) is 0 Å². The van der Waals surface area contributed by atoms with E-state index in [0.29, 0.717) is 48.0 Å². The van der Waals surface area contributed by atoms with Crippen LogP contribution in [0.4, 0.5) is 8.78 Å². The predicted octanol–water partition coefficient (Wildman–Crippen LogP) is 5.10. The second kappa shape index (κ2) is 11.8. The van der Waals surface area contributed by atoms with Crippen LogP contribution in [0.3, 0.4) is 0 Å². The molecule has 1 amide bonds. The first-order valence-electron chi connectivity index (χ1n) is 14.8. The summed E-state index contributed by atoms with van der Waals surface area (Å²) in [5.74, 6) is -1.38. The van der Waals surface area contributed by atoms with Gasteiger partial charge in [0, 0.05) is 23.4 Å². The minimum Gasteiger partial charge on any atom is -0.382 e. The third kappa shape index (κ3) is 4.97. The van der Waals surface area contributed by atoms with Crippen LogP contribution >= 0.6 is 11.6 Å². The molecule has 2 aromatic carbocycles. The average Bonchev–Trinajstić information content (AvgIpc) is 3.63. The van der Waals surface area contributed by atoms with Crippen LogP contribution in [-0.2, 0) is 27.3 Å². The summed E-state index contributed by atoms with van der Waals surface area (Å²) in [5.41, 5.74) is -4.65. The monoisotopic (exact) mass is 622 g/mol. The molecule has 3 aliphatic heterocycles. The number of aliphatic hydroxyl groups is 1. The number of nitriles is 1. The number of benzene rings is 2. The summed E-state index contributed by atoms with van der Waals surface area (Å²) >= 11 is 6.24. The zero-order valence-electron chi connectivity index (χ0n) is 24.3. The summed E-state index contributed by atoms with van der Waals surface area (Å²) in [6.45, 7) is 2.98. The fourth-order valence-electron chi connectivity index (χ4n) is 6.74. The Balaban J connectivity index is 1.56. The van der Waals surface area contributed by atoms with Crippen LogP contribution in [0.2, 0.25) is 5.02 Å². The minimum atomic E-state index is -2.03. The zero-order chi connectivity index (χ0) is 31.1. The Bertz CT molecular complexity index is 1590. The van der Waals surface area contributed by atoms with Gasteiger partial charge in [-0.05, 0) is 80.7 Å². The van der Waals surface area contributed by atoms with Gasteiger partial charge >= 0.3 is 0 Å². The Morgan fingerprint density at radius 2 is 2.00 bits per heavy atom. The molecule has 0 aliphatic carbocycles. The molecule has 4 heterocycles. The Labute approximate surface area is 259 Å². The van der Waals surface area contributed by atoms with E-state index in [0.717, 1.165) is 6.07 Å². The SMILES string of the molecule is CCC(O)(c1cc(F)c2c(c1)C(=O)N(Cc1ccc(C#N)cn1)[C@@]2(O[C@H]1CCOC1)c1ccc(Cl)cc1)C1(F)CCNCC1. The predicted molar refractivity (Wildman–Crippen MR) is 158 cm³/mol. The van der Waals surface area contributed by atoms with Crippen molar-refractivity contribution in [3.05, 3.63) is 99.1 Å². The zero-order valence-corrected chi connectivity index (χ0v) is 25.0. The van der Waals surface area contributed by atoms with Gasteiger partial charge in [-0.25, -0.2) is 8.78 Å². The number of hydrogen-bond acceptors (Lipinski definition) is 7. The minimum absolute atomic E-state index is 0.00144. The molecule has 1 unspecified atom stereocenters. The average molecular weight is 623 g/mol. The molecule has 0 radical (unpaired) electrons. The topological polar surface area (TPSA) is 108 Å². The van der Waals surface area contributed by atoms with Crippen LogP contribution in [0, 0.1) is 17.1 Å². The standard InChI is InChI=1S/C33H33ClF2N4O4/c1-2-32(42,31(36)10-12-38-13-11-31)23-15-27-29(28(35)16-23)33(44-26-9-14-43-20-26,22-4-6-24(34)7-5-22)40(30(27)41)19-25-8-3-21(17-37)18-39-25/h3-8,15-16,18,26,38,42H,2,9-14,19-20H2,1H3/t26-,32?,33+/m0/s1. The summed E-state index contributed by atoms with van der Waals surface area (Å²) in [6, 6.07) is 14.4. The maximum absolute atomic E-state index is 16.8. The molecule has 1 aromatic heterocycles. The number of nitrogens with one attached hydrogen (secondary N) is 1. The Hall–Kier alpha value is -3.46. The molecule has 2 saturated heterocycles. The second-order valence-corrected chi connectivity index (χ2v) is 12.0. The maximum atomic E-state index is 16.8. The number of carbonyl (C=O) groups excluding carboxylic acids is 1. The number of aromatic nitrogens is 1. The lowest BCUT2D eigenvalue weighted by atomic mass is 9.71. The van der Waals surface area contributed by atoms with E-state index in [-0.39, 0.29) is 49.1 Å². The number of alkyl halides is 1. The number of ether oxygens (including phenoxy) is 2. The molecule has 8 nitrogen and oxygen atoms in total. The highest BCUT2D eigenvalue weighted by Crippen LogP contribution is 2.51. The molecule has 2 N–H and O–H groups in total. The van der Waals surface area contributed by atoms with Crippen LogP contribution in [0.1, 0.15) is 70.9 Å². The number of carbonyl (C=O) groups is 1. The largest absolute Gasteiger partial charge is 0.382 e. The van der Waals surface area contributed by atoms with Crippen LogP contribution < -0.4 is 5.32 Å². The van der Waals surface area contributed by atoms with Gasteiger partial charge < -0.3 is 19.9 Å². The van der Waals surface area contributed by atoms with Crippen molar-refractivity contribution in [1.29, 1.82) is 5.26 Å². The van der Waals surface area contributed by atoms with Crippen molar-refractivity contribution < 1.29 is 28.2 Å². The molecule has 0 spiro atoms. The molecular formula is C33H33ClF2N4O4. The van der Waals surface area contributed by atoms with Gasteiger partial charge in [0.1, 0.15) is 23.2 Å². The molecule has 230 valence electrons. The summed E-state index contributed by atoms with van der Waals surface area (Å²) in [6.07, 6.45) is 1.51. The highest BCUT2D eigenvalue weighted by Gasteiger charge is 2.58. The second-order valence-electron chi connectivity index (χ2n) is 11.6. The number of rotatable bonds is 8. The number of hydrogen-bond donors (Lipinski definition) is 2. The Morgan fingerprint density at radius 1 is 1.25 bits per heavy atom. The van der Waals surface area contributed by atoms with Crippen molar-refractivity contribution >= 4 is 17.5 Å². The molecule has 11 heteroatoms. The third-order valence-electron chi connectivity index (χ3n) is 9.15. The van der Waals surface area contributed by atoms with Gasteiger partial charge in [-0.15, -0.1) is 0 Å². The third-order valence-corrected chi connectivity index (χ3v) is 9.40. The fraction of sp³-hybridized carbons (Fsp3) is 0.424. The van der Waals surface area contributed by atoms with E-state index in [1.807, 2.05) is 6.07 Å². The van der Waals surface area contributed by atoms with Crippen molar-refractivity contribution in [2.75, 3.05) is 26.3 Å². The first-order chi connectivity index (χ1) is 21.1. The van der Waals surface area contributed by atoms with Gasteiger partial charge in [0.25, 0.3) is 5.91 Å². The van der Waals surface area contributed by atoms with Crippen LogP contribution in [0.15, 0.2) is 54.7 Å². The van der Waals surface area contributed by atoms with E-state index in [1.54, 1.807) is 43.3 Å². The normalized spacial score (nSPS) is 24.1. The van der Waals surface area contributed by atoms with Gasteiger partial charge in [-0.1, -0.05) is 30.7 Å². The van der Waals surface area contributed by atoms with Crippen molar-refractivity contribution in [2.24, 2.45) is 0 Å². The van der Waals surface area contributed by atoms with Crippen LogP contribution in [-0.4, -0.2) is 59.0 Å². The Kier molecular flexibility index (Phi) is 8.20. The van der Waals surface area contributed by atoms with Crippen molar-refractivity contribution in [1.82, 2.24) is 15.2 Å². The van der Waals surface area contributed by atoms with Crippen LogP contribution in [0.25, 0.3) is 0 Å². The summed E-state index contributed by atoms with van der Waals surface area (Å²) in [5, 5.41) is 24.7. The number of halogens is 3. The highest BCUT2D eigenvalue weighted by atomic mass is 35.5. The van der Waals surface area contributed by atoms with E-state index < -0.39 is 34.8 Å². The molecule has 3 aliphatic rings. The molecule has 0 bridgehead atoms. The first-order valence-corrected chi connectivity index (χ1v) is 15.2. The summed E-state index contributed by atoms with van der Waals surface area (Å²) in [4.78, 5) is 20.3. The molecule has 6 rings (SSSR count). The van der Waals surface area contributed by atoms with Gasteiger partial charge in [0.15, 0.2) is 0 Å². The van der Waals surface area contributed by atoms with Gasteiger partial charge in [-0.2, -0.15) is 5.26 Å². The van der Waals surface area contributed by atoms with E-state index >= 15 is 8.78 Å². The smallest absolute Gasteiger partial charge is 0.257 e. The van der Waals surface area contributed by atoms with E-state index in [2.05, 4.69) is 10.3 Å². The van der Waals surface area contributed by atoms with Gasteiger partial charge in [0.05, 0.1) is 41.6 Å². The number of amides is 1. The molecular weight excluding hydrogens is 590 g/mol. The first kappa shape index (κ1) is 30.6. The van der Waals surface area contributed by atoms with Gasteiger partial charge in [0.2, 0.25) is 5.72 Å². The molecule has 44 heavy (non-hydrogen) atoms. The lowest BCUT2D eigenvalue weighted by molar-refractivity contribution is -0.148. The highest BCUT2D eigenvalue weighted by molar-refractivity contribution is 6.30. The molecule has 0 saturated carbocycles. The van der Waals surface area contributed by atoms with Crippen LogP contribution in [0.5, 0.6) is 0 Å². The maximum Gasteiger partial charge on any atom is 0.257 e. The Morgan fingerprint density at radius 3 is 2.61 bits per heavy atom. The number of piperidine rings is 1. The van der Waals surface area contributed by atoms with E-state index in [1.165, 1.54) is 17.2 Å². The number of nitrogens with zero attached hydrogens (tertiary/aromatic N) is 3. The number of pyridine rings is 1. The van der Waals surface area contributed by atoms with E-state index in [4.69, 9.17) is 21.1 Å². The van der Waals surface area contributed by atoms with E-state index in [9.17, 15) is 15.2 Å². The van der Waals surface area contributed by atoms with Gasteiger partial charge in [-0.3, -0.25) is 14.7 Å². The number of fused-ring (bicyclic) bond motifs is 1. The summed E-state index contributed by atoms with van der Waals surface area (Å²) < 4.78 is 45.6. The molecule has 3 atom stereocenters. The fourth-order valence-corrected chi connectivity index (χ4v) is 6.87. The van der Waals surface area contributed by atoms with Crippen molar-refractivity contribution in [3.8, 4) is 6.07 Å². The molecule has 2 fully saturated rings. The lowest BCUT2D eigenvalue weighted by Gasteiger charge is -2.44. The molecule has 3 aromatic rings. The van der Waals surface area contributed by atoms with Crippen molar-refractivity contribution in [2.45, 2.75) is 62.3 Å². The lowest BCUT2D eigenvalue weighted by Crippen LogP contribution is -2.54.